The number of Topliss-reactive ketones (excluding diaryl/α,β-unsaturated/α-hetero) is 1. The molecule has 1 amide bonds. The van der Waals surface area contributed by atoms with E-state index >= 15 is 0 Å². The number of hydrogen-bond donors (Lipinski definition) is 1. The zero-order valence-electron chi connectivity index (χ0n) is 18.6. The second-order valence-electron chi connectivity index (χ2n) is 8.04. The SMILES string of the molecule is COc1cc(Cl)cc2cc(C(=O)C3=C(O)C(=O)N(c4cccc(C)c4C)C3c3ccco3)oc12. The molecule has 5 rings (SSSR count). The number of ether oxygens (including phenoxy) is 1. The smallest absolute Gasteiger partial charge is 0.294 e. The summed E-state index contributed by atoms with van der Waals surface area (Å²) in [4.78, 5) is 28.4. The Kier molecular flexibility index (Phi) is 5.21. The molecular formula is C26H20ClNO6. The molecule has 1 unspecified atom stereocenters. The van der Waals surface area contributed by atoms with Crippen molar-refractivity contribution in [1.82, 2.24) is 0 Å². The predicted molar refractivity (Wildman–Crippen MR) is 127 cm³/mol. The molecule has 0 saturated heterocycles. The van der Waals surface area contributed by atoms with Crippen LogP contribution in [0.2, 0.25) is 5.02 Å². The van der Waals surface area contributed by atoms with Gasteiger partial charge in [0.1, 0.15) is 11.8 Å². The molecule has 1 N–H and O–H groups in total. The summed E-state index contributed by atoms with van der Waals surface area (Å²) in [7, 11) is 1.47. The van der Waals surface area contributed by atoms with Crippen LogP contribution in [-0.2, 0) is 4.79 Å². The number of hydrogen-bond acceptors (Lipinski definition) is 6. The Labute approximate surface area is 199 Å². The van der Waals surface area contributed by atoms with Gasteiger partial charge >= 0.3 is 0 Å². The van der Waals surface area contributed by atoms with Gasteiger partial charge < -0.3 is 18.7 Å². The van der Waals surface area contributed by atoms with Crippen LogP contribution in [0.1, 0.15) is 33.5 Å². The van der Waals surface area contributed by atoms with Crippen LogP contribution in [0.25, 0.3) is 11.0 Å². The number of anilines is 1. The van der Waals surface area contributed by atoms with Crippen molar-refractivity contribution in [3.05, 3.63) is 93.8 Å². The number of carbonyl (C=O) groups excluding carboxylic acids is 2. The van der Waals surface area contributed by atoms with Crippen LogP contribution in [0.3, 0.4) is 0 Å². The van der Waals surface area contributed by atoms with Crippen molar-refractivity contribution < 1.29 is 28.3 Å². The summed E-state index contributed by atoms with van der Waals surface area (Å²) in [5.41, 5.74) is 2.57. The lowest BCUT2D eigenvalue weighted by atomic mass is 9.98. The summed E-state index contributed by atoms with van der Waals surface area (Å²) in [6, 6.07) is 12.6. The molecule has 2 aromatic heterocycles. The number of rotatable bonds is 5. The lowest BCUT2D eigenvalue weighted by molar-refractivity contribution is -0.117. The number of amides is 1. The molecule has 0 saturated carbocycles. The maximum atomic E-state index is 13.7. The fraction of sp³-hybridized carbons (Fsp3) is 0.154. The maximum Gasteiger partial charge on any atom is 0.294 e. The molecule has 0 aliphatic carbocycles. The molecule has 3 heterocycles. The number of halogens is 1. The van der Waals surface area contributed by atoms with E-state index in [1.54, 1.807) is 30.3 Å². The molecular weight excluding hydrogens is 458 g/mol. The Bertz CT molecular complexity index is 1480. The van der Waals surface area contributed by atoms with E-state index in [1.165, 1.54) is 24.3 Å². The van der Waals surface area contributed by atoms with Crippen molar-refractivity contribution in [3.63, 3.8) is 0 Å². The van der Waals surface area contributed by atoms with Crippen LogP contribution in [0.4, 0.5) is 5.69 Å². The molecule has 0 spiro atoms. The van der Waals surface area contributed by atoms with E-state index in [9.17, 15) is 14.7 Å². The first-order chi connectivity index (χ1) is 16.3. The highest BCUT2D eigenvalue weighted by atomic mass is 35.5. The van der Waals surface area contributed by atoms with Gasteiger partial charge in [0, 0.05) is 22.2 Å². The third kappa shape index (κ3) is 3.28. The summed E-state index contributed by atoms with van der Waals surface area (Å²) in [6.45, 7) is 3.80. The van der Waals surface area contributed by atoms with Crippen molar-refractivity contribution in [2.24, 2.45) is 0 Å². The minimum absolute atomic E-state index is 0.0655. The highest BCUT2D eigenvalue weighted by molar-refractivity contribution is 6.31. The minimum atomic E-state index is -0.978. The van der Waals surface area contributed by atoms with Crippen LogP contribution in [0.15, 0.2) is 75.0 Å². The van der Waals surface area contributed by atoms with E-state index in [0.29, 0.717) is 33.2 Å². The zero-order valence-corrected chi connectivity index (χ0v) is 19.3. The van der Waals surface area contributed by atoms with Crippen molar-refractivity contribution in [3.8, 4) is 5.75 Å². The number of nitrogens with zero attached hydrogens (tertiary/aromatic N) is 1. The van der Waals surface area contributed by atoms with Crippen LogP contribution in [0.5, 0.6) is 5.75 Å². The predicted octanol–water partition coefficient (Wildman–Crippen LogP) is 6.09. The fourth-order valence-electron chi connectivity index (χ4n) is 4.28. The number of carbonyl (C=O) groups is 2. The highest BCUT2D eigenvalue weighted by Gasteiger charge is 2.47. The van der Waals surface area contributed by atoms with Crippen molar-refractivity contribution in [1.29, 1.82) is 0 Å². The number of fused-ring (bicyclic) bond motifs is 1. The first-order valence-corrected chi connectivity index (χ1v) is 10.9. The molecule has 0 radical (unpaired) electrons. The number of aliphatic hydroxyl groups excluding tert-OH is 1. The summed E-state index contributed by atoms with van der Waals surface area (Å²) in [5.74, 6) is -1.37. The van der Waals surface area contributed by atoms with E-state index in [-0.39, 0.29) is 11.3 Å². The molecule has 7 nitrogen and oxygen atoms in total. The van der Waals surface area contributed by atoms with Crippen LogP contribution >= 0.6 is 11.6 Å². The Hall–Kier alpha value is -3.97. The summed E-state index contributed by atoms with van der Waals surface area (Å²) >= 11 is 6.15. The van der Waals surface area contributed by atoms with E-state index < -0.39 is 23.5 Å². The molecule has 34 heavy (non-hydrogen) atoms. The molecule has 2 aromatic carbocycles. The van der Waals surface area contributed by atoms with E-state index in [2.05, 4.69) is 0 Å². The van der Waals surface area contributed by atoms with Gasteiger partial charge in [-0.1, -0.05) is 23.7 Å². The van der Waals surface area contributed by atoms with E-state index in [0.717, 1.165) is 11.1 Å². The molecule has 172 valence electrons. The molecule has 8 heteroatoms. The lowest BCUT2D eigenvalue weighted by Gasteiger charge is -2.26. The minimum Gasteiger partial charge on any atom is -0.503 e. The zero-order chi connectivity index (χ0) is 24.1. The van der Waals surface area contributed by atoms with Crippen LogP contribution in [0, 0.1) is 13.8 Å². The summed E-state index contributed by atoms with van der Waals surface area (Å²) in [6.07, 6.45) is 1.45. The molecule has 0 fully saturated rings. The van der Waals surface area contributed by atoms with Crippen LogP contribution < -0.4 is 9.64 Å². The number of aryl methyl sites for hydroxylation is 1. The van der Waals surface area contributed by atoms with Gasteiger partial charge in [0.05, 0.1) is 18.9 Å². The van der Waals surface area contributed by atoms with Gasteiger partial charge in [0.25, 0.3) is 5.91 Å². The Balaban J connectivity index is 1.67. The molecule has 1 aliphatic heterocycles. The van der Waals surface area contributed by atoms with Gasteiger partial charge in [-0.05, 0) is 55.3 Å². The summed E-state index contributed by atoms with van der Waals surface area (Å²) < 4.78 is 16.7. The standard InChI is InChI=1S/C26H20ClNO6/c1-13-6-4-7-17(14(13)2)28-22(18-8-5-9-33-18)21(24(30)26(28)31)23(29)19-11-15-10-16(27)12-20(32-3)25(15)34-19/h4-12,22,30H,1-3H3. The van der Waals surface area contributed by atoms with Crippen molar-refractivity contribution >= 4 is 39.9 Å². The van der Waals surface area contributed by atoms with Gasteiger partial charge in [-0.25, -0.2) is 0 Å². The number of aliphatic hydroxyl groups is 1. The average Bonchev–Trinajstić information content (AvgIpc) is 3.54. The number of methoxy groups -OCH3 is 1. The molecule has 1 aliphatic rings. The third-order valence-electron chi connectivity index (χ3n) is 6.09. The van der Waals surface area contributed by atoms with Crippen molar-refractivity contribution in [2.75, 3.05) is 12.0 Å². The Morgan fingerprint density at radius 2 is 1.94 bits per heavy atom. The van der Waals surface area contributed by atoms with Gasteiger partial charge in [0.15, 0.2) is 22.9 Å². The summed E-state index contributed by atoms with van der Waals surface area (Å²) in [5, 5.41) is 11.9. The lowest BCUT2D eigenvalue weighted by Crippen LogP contribution is -2.31. The topological polar surface area (TPSA) is 93.1 Å². The maximum absolute atomic E-state index is 13.7. The second kappa shape index (κ2) is 8.11. The van der Waals surface area contributed by atoms with E-state index in [4.69, 9.17) is 25.2 Å². The molecule has 4 aromatic rings. The number of benzene rings is 2. The van der Waals surface area contributed by atoms with Gasteiger partial charge in [-0.2, -0.15) is 0 Å². The van der Waals surface area contributed by atoms with Crippen LogP contribution in [-0.4, -0.2) is 23.9 Å². The van der Waals surface area contributed by atoms with Gasteiger partial charge in [-0.3, -0.25) is 14.5 Å². The second-order valence-corrected chi connectivity index (χ2v) is 8.48. The average molecular weight is 478 g/mol. The number of furan rings is 2. The largest absolute Gasteiger partial charge is 0.503 e. The van der Waals surface area contributed by atoms with Crippen molar-refractivity contribution in [2.45, 2.75) is 19.9 Å². The highest BCUT2D eigenvalue weighted by Crippen LogP contribution is 2.44. The quantitative estimate of drug-likeness (QED) is 0.350. The third-order valence-corrected chi connectivity index (χ3v) is 6.31. The normalized spacial score (nSPS) is 16.1. The Morgan fingerprint density at radius 1 is 1.15 bits per heavy atom. The van der Waals surface area contributed by atoms with E-state index in [1.807, 2.05) is 26.0 Å². The first-order valence-electron chi connectivity index (χ1n) is 10.5. The molecule has 1 atom stereocenters. The van der Waals surface area contributed by atoms with Gasteiger partial charge in [-0.15, -0.1) is 0 Å². The Morgan fingerprint density at radius 3 is 2.65 bits per heavy atom. The number of ketones is 1. The molecule has 0 bridgehead atoms. The fourth-order valence-corrected chi connectivity index (χ4v) is 4.50. The first kappa shape index (κ1) is 21.9. The van der Waals surface area contributed by atoms with Gasteiger partial charge in [0.2, 0.25) is 5.78 Å². The monoisotopic (exact) mass is 477 g/mol.